The van der Waals surface area contributed by atoms with E-state index in [1.54, 1.807) is 17.0 Å². The van der Waals surface area contributed by atoms with Gasteiger partial charge in [0.1, 0.15) is 12.4 Å². The van der Waals surface area contributed by atoms with Gasteiger partial charge in [0.05, 0.1) is 17.7 Å². The van der Waals surface area contributed by atoms with Crippen molar-refractivity contribution in [3.05, 3.63) is 59.7 Å². The van der Waals surface area contributed by atoms with Crippen LogP contribution >= 0.6 is 0 Å². The van der Waals surface area contributed by atoms with Crippen LogP contribution in [0.3, 0.4) is 0 Å². The van der Waals surface area contributed by atoms with E-state index in [0.717, 1.165) is 36.9 Å². The summed E-state index contributed by atoms with van der Waals surface area (Å²) in [4.78, 5) is 25.2. The minimum atomic E-state index is -0.979. The van der Waals surface area contributed by atoms with Crippen molar-refractivity contribution in [3.63, 3.8) is 0 Å². The van der Waals surface area contributed by atoms with Gasteiger partial charge in [0.2, 0.25) is 5.91 Å². The predicted molar refractivity (Wildman–Crippen MR) is 115 cm³/mol. The molecule has 1 fully saturated rings. The van der Waals surface area contributed by atoms with Crippen LogP contribution < -0.4 is 9.64 Å². The van der Waals surface area contributed by atoms with Gasteiger partial charge in [-0.05, 0) is 54.8 Å². The van der Waals surface area contributed by atoms with Gasteiger partial charge in [-0.25, -0.2) is 4.79 Å². The van der Waals surface area contributed by atoms with Crippen molar-refractivity contribution < 1.29 is 24.5 Å². The number of unbranched alkanes of at least 4 members (excludes halogenated alkanes) is 2. The topological polar surface area (TPSA) is 87.1 Å². The monoisotopic (exact) mass is 411 g/mol. The van der Waals surface area contributed by atoms with E-state index < -0.39 is 12.1 Å². The first kappa shape index (κ1) is 21.8. The molecule has 1 amide bonds. The number of anilines is 1. The van der Waals surface area contributed by atoms with Crippen LogP contribution in [0, 0.1) is 0 Å². The summed E-state index contributed by atoms with van der Waals surface area (Å²) in [5, 5.41) is 19.3. The highest BCUT2D eigenvalue weighted by Gasteiger charge is 2.32. The molecule has 2 atom stereocenters. The highest BCUT2D eigenvalue weighted by Crippen LogP contribution is 2.29. The Labute approximate surface area is 177 Å². The molecule has 1 heterocycles. The van der Waals surface area contributed by atoms with Crippen molar-refractivity contribution in [2.45, 2.75) is 57.6 Å². The lowest BCUT2D eigenvalue weighted by Gasteiger charge is -2.25. The van der Waals surface area contributed by atoms with Crippen molar-refractivity contribution in [3.8, 4) is 5.75 Å². The second-order valence-corrected chi connectivity index (χ2v) is 7.70. The number of nitrogens with zero attached hydrogens (tertiary/aromatic N) is 1. The number of aromatic carboxylic acids is 1. The Morgan fingerprint density at radius 2 is 1.83 bits per heavy atom. The number of aliphatic hydroxyl groups excluding tert-OH is 1. The molecule has 30 heavy (non-hydrogen) atoms. The molecule has 6 nitrogen and oxygen atoms in total. The maximum atomic E-state index is 12.5. The third-order valence-corrected chi connectivity index (χ3v) is 5.51. The summed E-state index contributed by atoms with van der Waals surface area (Å²) in [5.74, 6) is -0.348. The number of ether oxygens (including phenoxy) is 1. The van der Waals surface area contributed by atoms with Gasteiger partial charge >= 0.3 is 5.97 Å². The fraction of sp³-hybridized carbons (Fsp3) is 0.417. The number of rotatable bonds is 10. The van der Waals surface area contributed by atoms with Crippen LogP contribution in [0.1, 0.15) is 67.5 Å². The molecule has 2 aromatic rings. The molecule has 0 saturated carbocycles. The van der Waals surface area contributed by atoms with Crippen LogP contribution in [0.2, 0.25) is 0 Å². The molecule has 2 N–H and O–H groups in total. The minimum absolute atomic E-state index is 0.0565. The molecule has 0 aliphatic carbocycles. The molecule has 0 aromatic heterocycles. The number of benzene rings is 2. The van der Waals surface area contributed by atoms with E-state index in [0.29, 0.717) is 25.2 Å². The molecule has 1 saturated heterocycles. The Morgan fingerprint density at radius 3 is 2.47 bits per heavy atom. The molecule has 3 rings (SSSR count). The minimum Gasteiger partial charge on any atom is -0.491 e. The molecule has 1 aliphatic rings. The summed E-state index contributed by atoms with van der Waals surface area (Å²) in [6.45, 7) is 2.47. The summed E-state index contributed by atoms with van der Waals surface area (Å²) in [6, 6.07) is 13.7. The van der Waals surface area contributed by atoms with Gasteiger partial charge in [0.15, 0.2) is 0 Å². The molecule has 0 spiro atoms. The van der Waals surface area contributed by atoms with Gasteiger partial charge in [-0.3, -0.25) is 4.79 Å². The van der Waals surface area contributed by atoms with E-state index in [2.05, 4.69) is 6.92 Å². The molecule has 160 valence electrons. The molecule has 0 radical (unpaired) electrons. The highest BCUT2D eigenvalue weighted by molar-refractivity contribution is 5.96. The Balaban J connectivity index is 1.62. The van der Waals surface area contributed by atoms with Gasteiger partial charge in [-0.15, -0.1) is 0 Å². The Kier molecular flexibility index (Phi) is 7.46. The van der Waals surface area contributed by atoms with Gasteiger partial charge in [-0.1, -0.05) is 38.3 Å². The number of carboxylic acids is 1. The number of carbonyl (C=O) groups excluding carboxylic acids is 1. The van der Waals surface area contributed by atoms with Crippen LogP contribution in [0.4, 0.5) is 5.69 Å². The number of hydrogen-bond donors (Lipinski definition) is 2. The van der Waals surface area contributed by atoms with E-state index in [9.17, 15) is 14.7 Å². The van der Waals surface area contributed by atoms with Crippen molar-refractivity contribution in [2.24, 2.45) is 0 Å². The first-order valence-corrected chi connectivity index (χ1v) is 10.6. The standard InChI is InChI=1S/C24H29NO5/c1-2-3-4-5-22(26)17-6-10-19(11-7-17)25-20(12-15-23(25)27)16-30-21-13-8-18(9-14-21)24(28)29/h6-11,13-14,20,22,26H,2-5,12,15-16H2,1H3,(H,28,29)/t20-,22-/m1/s1. The first-order valence-electron chi connectivity index (χ1n) is 10.6. The molecule has 1 aliphatic heterocycles. The zero-order chi connectivity index (χ0) is 21.5. The number of hydrogen-bond acceptors (Lipinski definition) is 4. The number of carbonyl (C=O) groups is 2. The van der Waals surface area contributed by atoms with E-state index in [4.69, 9.17) is 9.84 Å². The second-order valence-electron chi connectivity index (χ2n) is 7.70. The quantitative estimate of drug-likeness (QED) is 0.559. The van der Waals surface area contributed by atoms with Crippen molar-refractivity contribution in [1.29, 1.82) is 0 Å². The predicted octanol–water partition coefficient (Wildman–Crippen LogP) is 4.57. The lowest BCUT2D eigenvalue weighted by molar-refractivity contribution is -0.117. The fourth-order valence-electron chi connectivity index (χ4n) is 3.75. The number of amides is 1. The summed E-state index contributed by atoms with van der Waals surface area (Å²) >= 11 is 0. The third kappa shape index (κ3) is 5.39. The Morgan fingerprint density at radius 1 is 1.13 bits per heavy atom. The largest absolute Gasteiger partial charge is 0.491 e. The summed E-state index contributed by atoms with van der Waals surface area (Å²) in [6.07, 6.45) is 4.66. The number of aliphatic hydroxyl groups is 1. The van der Waals surface area contributed by atoms with E-state index in [-0.39, 0.29) is 17.5 Å². The lowest BCUT2D eigenvalue weighted by atomic mass is 10.0. The Hall–Kier alpha value is -2.86. The average Bonchev–Trinajstić information content (AvgIpc) is 3.13. The molecular formula is C24H29NO5. The summed E-state index contributed by atoms with van der Waals surface area (Å²) < 4.78 is 5.81. The number of carboxylic acid groups (broad SMARTS) is 1. The first-order chi connectivity index (χ1) is 14.5. The van der Waals surface area contributed by atoms with Crippen LogP contribution in [0.15, 0.2) is 48.5 Å². The molecule has 0 bridgehead atoms. The molecule has 0 unspecified atom stereocenters. The normalized spacial score (nSPS) is 17.2. The highest BCUT2D eigenvalue weighted by atomic mass is 16.5. The lowest BCUT2D eigenvalue weighted by Crippen LogP contribution is -2.37. The average molecular weight is 411 g/mol. The molecular weight excluding hydrogens is 382 g/mol. The summed E-state index contributed by atoms with van der Waals surface area (Å²) in [7, 11) is 0. The van der Waals surface area contributed by atoms with Gasteiger partial charge in [0, 0.05) is 12.1 Å². The van der Waals surface area contributed by atoms with Gasteiger partial charge < -0.3 is 19.8 Å². The second kappa shape index (κ2) is 10.3. The van der Waals surface area contributed by atoms with Crippen molar-refractivity contribution in [1.82, 2.24) is 0 Å². The van der Waals surface area contributed by atoms with Crippen LogP contribution in [-0.2, 0) is 4.79 Å². The van der Waals surface area contributed by atoms with E-state index in [1.807, 2.05) is 24.3 Å². The smallest absolute Gasteiger partial charge is 0.335 e. The molecule has 2 aromatic carbocycles. The molecule has 6 heteroatoms. The van der Waals surface area contributed by atoms with Crippen LogP contribution in [0.25, 0.3) is 0 Å². The maximum absolute atomic E-state index is 12.5. The zero-order valence-electron chi connectivity index (χ0n) is 17.3. The van der Waals surface area contributed by atoms with E-state index in [1.165, 1.54) is 12.1 Å². The zero-order valence-corrected chi connectivity index (χ0v) is 17.3. The maximum Gasteiger partial charge on any atom is 0.335 e. The van der Waals surface area contributed by atoms with Gasteiger partial charge in [-0.2, -0.15) is 0 Å². The Bertz CT molecular complexity index is 847. The SMILES string of the molecule is CCCCC[C@@H](O)c1ccc(N2C(=O)CC[C@@H]2COc2ccc(C(=O)O)cc2)cc1. The van der Waals surface area contributed by atoms with Crippen LogP contribution in [0.5, 0.6) is 5.75 Å². The van der Waals surface area contributed by atoms with Crippen molar-refractivity contribution >= 4 is 17.6 Å². The van der Waals surface area contributed by atoms with Crippen LogP contribution in [-0.4, -0.2) is 34.7 Å². The van der Waals surface area contributed by atoms with E-state index >= 15 is 0 Å². The fourth-order valence-corrected chi connectivity index (χ4v) is 3.75. The van der Waals surface area contributed by atoms with Crippen molar-refractivity contribution in [2.75, 3.05) is 11.5 Å². The van der Waals surface area contributed by atoms with Gasteiger partial charge in [0.25, 0.3) is 0 Å². The third-order valence-electron chi connectivity index (χ3n) is 5.51. The summed E-state index contributed by atoms with van der Waals surface area (Å²) in [5.41, 5.74) is 1.88.